The Morgan fingerprint density at radius 3 is 2.62 bits per heavy atom. The summed E-state index contributed by atoms with van der Waals surface area (Å²) >= 11 is 6.14. The van der Waals surface area contributed by atoms with Gasteiger partial charge in [0.2, 0.25) is 12.9 Å². The van der Waals surface area contributed by atoms with Crippen LogP contribution >= 0.6 is 11.6 Å². The molecule has 82 valence electrons. The number of ether oxygens (including phenoxy) is 2. The van der Waals surface area contributed by atoms with E-state index in [4.69, 9.17) is 21.1 Å². The number of aliphatic imine (C=N–C) groups is 1. The van der Waals surface area contributed by atoms with Crippen molar-refractivity contribution in [3.63, 3.8) is 0 Å². The quantitative estimate of drug-likeness (QED) is 0.586. The molecule has 3 rings (SSSR count). The molecular weight excluding hydrogens is 230 g/mol. The van der Waals surface area contributed by atoms with Crippen LogP contribution in [0, 0.1) is 0 Å². The van der Waals surface area contributed by atoms with Gasteiger partial charge in [0.25, 0.3) is 0 Å². The van der Waals surface area contributed by atoms with Gasteiger partial charge in [-0.15, -0.1) is 0 Å². The summed E-state index contributed by atoms with van der Waals surface area (Å²) in [6, 6.07) is 3.51. The number of rotatable bonds is 2. The minimum Gasteiger partial charge on any atom is -0.454 e. The molecule has 0 radical (unpaired) electrons. The molecule has 1 aromatic rings. The third-order valence-corrected chi connectivity index (χ3v) is 3.26. The fourth-order valence-corrected chi connectivity index (χ4v) is 2.25. The second-order valence-corrected chi connectivity index (χ2v) is 4.33. The summed E-state index contributed by atoms with van der Waals surface area (Å²) in [5.41, 5.74) is 0.349. The molecule has 0 bridgehead atoms. The Balaban J connectivity index is 2.11. The molecule has 0 unspecified atom stereocenters. The van der Waals surface area contributed by atoms with Gasteiger partial charge < -0.3 is 9.47 Å². The van der Waals surface area contributed by atoms with Crippen LogP contribution in [-0.2, 0) is 10.3 Å². The average Bonchev–Trinajstić information content (AvgIpc) is 2.89. The van der Waals surface area contributed by atoms with Gasteiger partial charge in [0, 0.05) is 11.6 Å². The van der Waals surface area contributed by atoms with Crippen molar-refractivity contribution in [3.8, 4) is 11.5 Å². The Kier molecular flexibility index (Phi) is 1.96. The van der Waals surface area contributed by atoms with E-state index < -0.39 is 5.54 Å². The molecule has 0 saturated heterocycles. The zero-order chi connectivity index (χ0) is 11.2. The maximum absolute atomic E-state index is 10.4. The van der Waals surface area contributed by atoms with Gasteiger partial charge in [0.15, 0.2) is 11.5 Å². The van der Waals surface area contributed by atoms with Gasteiger partial charge in [0.05, 0.1) is 10.6 Å². The minimum atomic E-state index is -0.472. The molecule has 2 aliphatic rings. The van der Waals surface area contributed by atoms with Gasteiger partial charge in [0.1, 0.15) is 0 Å². The van der Waals surface area contributed by atoms with E-state index in [1.165, 1.54) is 0 Å². The molecule has 1 aliphatic heterocycles. The average molecular weight is 238 g/mol. The number of hydrogen-bond acceptors (Lipinski definition) is 4. The van der Waals surface area contributed by atoms with Crippen molar-refractivity contribution in [2.75, 3.05) is 6.79 Å². The maximum Gasteiger partial charge on any atom is 0.235 e. The fourth-order valence-electron chi connectivity index (χ4n) is 1.92. The third kappa shape index (κ3) is 1.31. The molecule has 16 heavy (non-hydrogen) atoms. The maximum atomic E-state index is 10.4. The van der Waals surface area contributed by atoms with E-state index in [0.29, 0.717) is 16.5 Å². The molecule has 5 heteroatoms. The van der Waals surface area contributed by atoms with Crippen molar-refractivity contribution < 1.29 is 14.3 Å². The van der Waals surface area contributed by atoms with E-state index in [1.807, 2.05) is 0 Å². The van der Waals surface area contributed by atoms with E-state index in [9.17, 15) is 4.79 Å². The first kappa shape index (κ1) is 9.70. The van der Waals surface area contributed by atoms with Crippen LogP contribution in [0.5, 0.6) is 11.5 Å². The summed E-state index contributed by atoms with van der Waals surface area (Å²) in [5.74, 6) is 1.30. The first-order chi connectivity index (χ1) is 7.75. The smallest absolute Gasteiger partial charge is 0.235 e. The number of benzene rings is 1. The molecule has 1 heterocycles. The van der Waals surface area contributed by atoms with Gasteiger partial charge in [-0.3, -0.25) is 0 Å². The van der Waals surface area contributed by atoms with Gasteiger partial charge in [-0.2, -0.15) is 4.99 Å². The molecule has 1 saturated carbocycles. The zero-order valence-electron chi connectivity index (χ0n) is 8.33. The summed E-state index contributed by atoms with van der Waals surface area (Å²) in [6.45, 7) is 0.207. The number of halogens is 1. The highest BCUT2D eigenvalue weighted by Gasteiger charge is 2.47. The van der Waals surface area contributed by atoms with Crippen LogP contribution in [0.3, 0.4) is 0 Å². The summed E-state index contributed by atoms with van der Waals surface area (Å²) in [5, 5.41) is 0.556. The lowest BCUT2D eigenvalue weighted by Gasteiger charge is -2.11. The van der Waals surface area contributed by atoms with Crippen molar-refractivity contribution in [1.82, 2.24) is 0 Å². The van der Waals surface area contributed by atoms with E-state index in [1.54, 1.807) is 18.2 Å². The second kappa shape index (κ2) is 3.24. The molecule has 0 atom stereocenters. The molecule has 1 aromatic carbocycles. The van der Waals surface area contributed by atoms with Crippen LogP contribution < -0.4 is 9.47 Å². The molecule has 1 fully saturated rings. The Bertz CT molecular complexity index is 504. The normalized spacial score (nSPS) is 19.1. The second-order valence-electron chi connectivity index (χ2n) is 3.92. The van der Waals surface area contributed by atoms with Crippen molar-refractivity contribution in [2.45, 2.75) is 18.4 Å². The first-order valence-corrected chi connectivity index (χ1v) is 5.32. The first-order valence-electron chi connectivity index (χ1n) is 4.94. The largest absolute Gasteiger partial charge is 0.454 e. The standard InChI is InChI=1S/C11H8ClNO3/c12-8-4-10-9(15-6-16-10)3-7(8)11(1-2-11)13-5-14/h3-4H,1-2,6H2. The zero-order valence-corrected chi connectivity index (χ0v) is 9.08. The Labute approximate surface area is 96.8 Å². The van der Waals surface area contributed by atoms with E-state index in [2.05, 4.69) is 4.99 Å². The van der Waals surface area contributed by atoms with Gasteiger partial charge in [-0.1, -0.05) is 11.6 Å². The van der Waals surface area contributed by atoms with E-state index >= 15 is 0 Å². The van der Waals surface area contributed by atoms with Gasteiger partial charge in [-0.05, 0) is 18.9 Å². The molecular formula is C11H8ClNO3. The minimum absolute atomic E-state index is 0.207. The lowest BCUT2D eigenvalue weighted by Crippen LogP contribution is -2.03. The van der Waals surface area contributed by atoms with E-state index in [-0.39, 0.29) is 6.79 Å². The SMILES string of the molecule is O=C=NC1(c2cc3c(cc2Cl)OCO3)CC1. The summed E-state index contributed by atoms with van der Waals surface area (Å²) in [6.07, 6.45) is 3.25. The fraction of sp³-hybridized carbons (Fsp3) is 0.364. The monoisotopic (exact) mass is 237 g/mol. The number of isocyanates is 1. The van der Waals surface area contributed by atoms with Gasteiger partial charge in [-0.25, -0.2) is 4.79 Å². The van der Waals surface area contributed by atoms with Crippen LogP contribution in [0.15, 0.2) is 17.1 Å². The summed E-state index contributed by atoms with van der Waals surface area (Å²) in [4.78, 5) is 14.2. The van der Waals surface area contributed by atoms with Crippen molar-refractivity contribution in [1.29, 1.82) is 0 Å². The van der Waals surface area contributed by atoms with Crippen LogP contribution in [0.4, 0.5) is 0 Å². The highest BCUT2D eigenvalue weighted by molar-refractivity contribution is 6.31. The number of carbonyl (C=O) groups excluding carboxylic acids is 1. The Morgan fingerprint density at radius 2 is 2.00 bits per heavy atom. The number of fused-ring (bicyclic) bond motifs is 1. The molecule has 0 aromatic heterocycles. The highest BCUT2D eigenvalue weighted by Crippen LogP contribution is 2.53. The Hall–Kier alpha value is -1.51. The van der Waals surface area contributed by atoms with Crippen LogP contribution in [0.1, 0.15) is 18.4 Å². The topological polar surface area (TPSA) is 47.9 Å². The summed E-state index contributed by atoms with van der Waals surface area (Å²) in [7, 11) is 0. The predicted octanol–water partition coefficient (Wildman–Crippen LogP) is 2.39. The molecule has 4 nitrogen and oxygen atoms in total. The highest BCUT2D eigenvalue weighted by atomic mass is 35.5. The molecule has 0 spiro atoms. The van der Waals surface area contributed by atoms with Crippen LogP contribution in [0.2, 0.25) is 5.02 Å². The Morgan fingerprint density at radius 1 is 1.31 bits per heavy atom. The lowest BCUT2D eigenvalue weighted by atomic mass is 10.0. The van der Waals surface area contributed by atoms with Crippen molar-refractivity contribution in [3.05, 3.63) is 22.7 Å². The third-order valence-electron chi connectivity index (χ3n) is 2.95. The van der Waals surface area contributed by atoms with Crippen molar-refractivity contribution in [2.24, 2.45) is 4.99 Å². The molecule has 1 aliphatic carbocycles. The number of hydrogen-bond donors (Lipinski definition) is 0. The summed E-state index contributed by atoms with van der Waals surface area (Å²) < 4.78 is 10.5. The molecule has 0 amide bonds. The van der Waals surface area contributed by atoms with E-state index in [0.717, 1.165) is 18.4 Å². The molecule has 0 N–H and O–H groups in total. The number of nitrogens with zero attached hydrogens (tertiary/aromatic N) is 1. The predicted molar refractivity (Wildman–Crippen MR) is 56.6 cm³/mol. The van der Waals surface area contributed by atoms with Crippen LogP contribution in [-0.4, -0.2) is 12.9 Å². The van der Waals surface area contributed by atoms with Crippen LogP contribution in [0.25, 0.3) is 0 Å². The van der Waals surface area contributed by atoms with Gasteiger partial charge >= 0.3 is 0 Å². The van der Waals surface area contributed by atoms with Crippen molar-refractivity contribution >= 4 is 17.7 Å². The lowest BCUT2D eigenvalue weighted by molar-refractivity contribution is 0.174.